The van der Waals surface area contributed by atoms with E-state index in [9.17, 15) is 5.11 Å². The van der Waals surface area contributed by atoms with Gasteiger partial charge in [0.2, 0.25) is 0 Å². The molecule has 1 atom stereocenters. The van der Waals surface area contributed by atoms with E-state index >= 15 is 0 Å². The number of benzene rings is 1. The normalized spacial score (nSPS) is 12.4. The van der Waals surface area contributed by atoms with Gasteiger partial charge in [0.1, 0.15) is 0 Å². The fourth-order valence-electron chi connectivity index (χ4n) is 1.53. The van der Waals surface area contributed by atoms with E-state index < -0.39 is 0 Å². The number of nitrogens with zero attached hydrogens (tertiary/aromatic N) is 3. The number of methoxy groups -OCH3 is 1. The minimum atomic E-state index is 0.0528. The number of phenolic OH excluding ortho intramolecular Hbond substituents is 1. The molecule has 84 valence electrons. The summed E-state index contributed by atoms with van der Waals surface area (Å²) in [6, 6.07) is 5.30. The second kappa shape index (κ2) is 4.22. The molecule has 1 aromatic carbocycles. The SMILES string of the molecule is COc1cc(C(C)n2ccnn2)ccc1O. The van der Waals surface area contributed by atoms with Gasteiger partial charge in [0.25, 0.3) is 0 Å². The highest BCUT2D eigenvalue weighted by Crippen LogP contribution is 2.29. The molecule has 2 rings (SSSR count). The average Bonchev–Trinajstić information content (AvgIpc) is 2.82. The second-order valence-corrected chi connectivity index (χ2v) is 3.49. The Morgan fingerprint density at radius 1 is 1.44 bits per heavy atom. The van der Waals surface area contributed by atoms with E-state index in [4.69, 9.17) is 4.74 Å². The number of phenols is 1. The van der Waals surface area contributed by atoms with Gasteiger partial charge in [0, 0.05) is 6.20 Å². The maximum atomic E-state index is 9.49. The van der Waals surface area contributed by atoms with Gasteiger partial charge in [-0.3, -0.25) is 0 Å². The van der Waals surface area contributed by atoms with Crippen molar-refractivity contribution in [2.45, 2.75) is 13.0 Å². The first kappa shape index (κ1) is 10.5. The van der Waals surface area contributed by atoms with E-state index in [-0.39, 0.29) is 11.8 Å². The summed E-state index contributed by atoms with van der Waals surface area (Å²) in [5, 5.41) is 17.2. The zero-order chi connectivity index (χ0) is 11.5. The Bertz CT molecular complexity index is 468. The fourth-order valence-corrected chi connectivity index (χ4v) is 1.53. The molecule has 1 aromatic heterocycles. The van der Waals surface area contributed by atoms with E-state index in [1.54, 1.807) is 29.2 Å². The van der Waals surface area contributed by atoms with Gasteiger partial charge in [0.05, 0.1) is 19.3 Å². The van der Waals surface area contributed by atoms with Crippen LogP contribution in [0.15, 0.2) is 30.6 Å². The number of rotatable bonds is 3. The van der Waals surface area contributed by atoms with Crippen molar-refractivity contribution in [1.29, 1.82) is 0 Å². The highest BCUT2D eigenvalue weighted by molar-refractivity contribution is 5.42. The quantitative estimate of drug-likeness (QED) is 0.851. The Morgan fingerprint density at radius 2 is 2.25 bits per heavy atom. The van der Waals surface area contributed by atoms with Crippen LogP contribution in [0.4, 0.5) is 0 Å². The van der Waals surface area contributed by atoms with Crippen LogP contribution in [0.1, 0.15) is 18.5 Å². The molecular weight excluding hydrogens is 206 g/mol. The number of hydrogen-bond acceptors (Lipinski definition) is 4. The monoisotopic (exact) mass is 219 g/mol. The van der Waals surface area contributed by atoms with Crippen molar-refractivity contribution in [3.05, 3.63) is 36.2 Å². The molecule has 0 saturated carbocycles. The van der Waals surface area contributed by atoms with Gasteiger partial charge in [-0.25, -0.2) is 4.68 Å². The average molecular weight is 219 g/mol. The Hall–Kier alpha value is -2.04. The summed E-state index contributed by atoms with van der Waals surface area (Å²) in [7, 11) is 1.53. The number of hydrogen-bond donors (Lipinski definition) is 1. The molecule has 5 nitrogen and oxygen atoms in total. The standard InChI is InChI=1S/C11H13N3O2/c1-8(14-6-5-12-13-14)9-3-4-10(15)11(7-9)16-2/h3-8,15H,1-2H3. The van der Waals surface area contributed by atoms with Gasteiger partial charge in [-0.2, -0.15) is 0 Å². The van der Waals surface area contributed by atoms with Gasteiger partial charge in [-0.05, 0) is 24.6 Å². The molecule has 0 amide bonds. The molecule has 1 heterocycles. The first-order valence-corrected chi connectivity index (χ1v) is 4.95. The summed E-state index contributed by atoms with van der Waals surface area (Å²) in [6.07, 6.45) is 3.43. The van der Waals surface area contributed by atoms with Gasteiger partial charge in [0.15, 0.2) is 11.5 Å². The molecule has 0 saturated heterocycles. The third-order valence-corrected chi connectivity index (χ3v) is 2.52. The summed E-state index contributed by atoms with van der Waals surface area (Å²) >= 11 is 0. The molecule has 1 N–H and O–H groups in total. The molecule has 0 bridgehead atoms. The summed E-state index contributed by atoms with van der Waals surface area (Å²) in [4.78, 5) is 0. The zero-order valence-corrected chi connectivity index (χ0v) is 9.16. The van der Waals surface area contributed by atoms with Gasteiger partial charge in [-0.1, -0.05) is 11.3 Å². The lowest BCUT2D eigenvalue weighted by molar-refractivity contribution is 0.372. The first-order chi connectivity index (χ1) is 7.72. The topological polar surface area (TPSA) is 60.2 Å². The van der Waals surface area contributed by atoms with Crippen LogP contribution in [0.25, 0.3) is 0 Å². The fraction of sp³-hybridized carbons (Fsp3) is 0.273. The Balaban J connectivity index is 2.34. The largest absolute Gasteiger partial charge is 0.504 e. The van der Waals surface area contributed by atoms with Crippen molar-refractivity contribution < 1.29 is 9.84 Å². The van der Waals surface area contributed by atoms with Crippen LogP contribution in [0.5, 0.6) is 11.5 Å². The predicted octanol–water partition coefficient (Wildman–Crippen LogP) is 1.60. The molecule has 0 aliphatic rings. The third kappa shape index (κ3) is 1.84. The summed E-state index contributed by atoms with van der Waals surface area (Å²) in [5.41, 5.74) is 1.00. The van der Waals surface area contributed by atoms with E-state index in [1.807, 2.05) is 13.0 Å². The highest BCUT2D eigenvalue weighted by atomic mass is 16.5. The second-order valence-electron chi connectivity index (χ2n) is 3.49. The van der Waals surface area contributed by atoms with E-state index in [0.29, 0.717) is 5.75 Å². The van der Waals surface area contributed by atoms with Crippen molar-refractivity contribution in [1.82, 2.24) is 15.0 Å². The molecule has 0 aliphatic carbocycles. The minimum absolute atomic E-state index is 0.0528. The van der Waals surface area contributed by atoms with Crippen LogP contribution < -0.4 is 4.74 Å². The van der Waals surface area contributed by atoms with Crippen LogP contribution in [0, 0.1) is 0 Å². The maximum Gasteiger partial charge on any atom is 0.160 e. The summed E-state index contributed by atoms with van der Waals surface area (Å²) in [5.74, 6) is 0.599. The highest BCUT2D eigenvalue weighted by Gasteiger charge is 2.11. The van der Waals surface area contributed by atoms with E-state index in [2.05, 4.69) is 10.3 Å². The summed E-state index contributed by atoms with van der Waals surface area (Å²) in [6.45, 7) is 2.00. The van der Waals surface area contributed by atoms with Crippen LogP contribution in [-0.4, -0.2) is 27.2 Å². The molecule has 0 spiro atoms. The lowest BCUT2D eigenvalue weighted by atomic mass is 10.1. The number of ether oxygens (including phenoxy) is 1. The van der Waals surface area contributed by atoms with E-state index in [0.717, 1.165) is 5.56 Å². The summed E-state index contributed by atoms with van der Waals surface area (Å²) < 4.78 is 6.80. The van der Waals surface area contributed by atoms with Crippen molar-refractivity contribution in [2.24, 2.45) is 0 Å². The number of aromatic hydroxyl groups is 1. The molecule has 5 heteroatoms. The van der Waals surface area contributed by atoms with Crippen LogP contribution >= 0.6 is 0 Å². The minimum Gasteiger partial charge on any atom is -0.504 e. The third-order valence-electron chi connectivity index (χ3n) is 2.52. The van der Waals surface area contributed by atoms with E-state index in [1.165, 1.54) is 7.11 Å². The van der Waals surface area contributed by atoms with Crippen molar-refractivity contribution in [2.75, 3.05) is 7.11 Å². The molecule has 0 radical (unpaired) electrons. The van der Waals surface area contributed by atoms with Crippen LogP contribution in [0.2, 0.25) is 0 Å². The first-order valence-electron chi connectivity index (χ1n) is 4.95. The smallest absolute Gasteiger partial charge is 0.160 e. The molecule has 1 unspecified atom stereocenters. The van der Waals surface area contributed by atoms with Crippen molar-refractivity contribution in [3.63, 3.8) is 0 Å². The van der Waals surface area contributed by atoms with Crippen molar-refractivity contribution in [3.8, 4) is 11.5 Å². The lowest BCUT2D eigenvalue weighted by Gasteiger charge is -2.13. The van der Waals surface area contributed by atoms with Gasteiger partial charge >= 0.3 is 0 Å². The van der Waals surface area contributed by atoms with Crippen LogP contribution in [0.3, 0.4) is 0 Å². The van der Waals surface area contributed by atoms with Crippen molar-refractivity contribution >= 4 is 0 Å². The van der Waals surface area contributed by atoms with Gasteiger partial charge < -0.3 is 9.84 Å². The molecule has 2 aromatic rings. The lowest BCUT2D eigenvalue weighted by Crippen LogP contribution is -2.07. The zero-order valence-electron chi connectivity index (χ0n) is 9.16. The Morgan fingerprint density at radius 3 is 2.88 bits per heavy atom. The number of aromatic nitrogens is 3. The molecule has 0 fully saturated rings. The van der Waals surface area contributed by atoms with Crippen LogP contribution in [-0.2, 0) is 0 Å². The molecular formula is C11H13N3O2. The predicted molar refractivity (Wildman–Crippen MR) is 58.5 cm³/mol. The Labute approximate surface area is 93.3 Å². The molecule has 16 heavy (non-hydrogen) atoms. The maximum absolute atomic E-state index is 9.49. The molecule has 0 aliphatic heterocycles. The Kier molecular flexibility index (Phi) is 2.76. The van der Waals surface area contributed by atoms with Gasteiger partial charge in [-0.15, -0.1) is 5.10 Å².